The van der Waals surface area contributed by atoms with Crippen molar-refractivity contribution >= 4 is 5.91 Å². The van der Waals surface area contributed by atoms with Gasteiger partial charge in [0.1, 0.15) is 0 Å². The second kappa shape index (κ2) is 11.0. The molecule has 0 aromatic rings. The smallest absolute Gasteiger partial charge is 0.222 e. The summed E-state index contributed by atoms with van der Waals surface area (Å²) in [5, 5.41) is 0. The Labute approximate surface area is 138 Å². The lowest BCUT2D eigenvalue weighted by Gasteiger charge is -2.28. The van der Waals surface area contributed by atoms with Crippen molar-refractivity contribution in [2.75, 3.05) is 40.3 Å². The first kappa shape index (κ1) is 19.5. The van der Waals surface area contributed by atoms with E-state index in [1.165, 1.54) is 57.9 Å². The highest BCUT2D eigenvalue weighted by Crippen LogP contribution is 2.13. The Morgan fingerprint density at radius 2 is 1.45 bits per heavy atom. The number of hydrogen-bond acceptors (Lipinski definition) is 1. The second-order valence-corrected chi connectivity index (χ2v) is 7.70. The first-order chi connectivity index (χ1) is 10.5. The molecule has 0 radical (unpaired) electrons. The molecule has 0 aliphatic carbocycles. The van der Waals surface area contributed by atoms with Crippen LogP contribution in [-0.4, -0.2) is 55.6 Å². The summed E-state index contributed by atoms with van der Waals surface area (Å²) in [5.41, 5.74) is 0. The van der Waals surface area contributed by atoms with Crippen molar-refractivity contribution in [2.45, 2.75) is 77.6 Å². The average Bonchev–Trinajstić information content (AvgIpc) is 2.66. The molecule has 3 nitrogen and oxygen atoms in total. The lowest BCUT2D eigenvalue weighted by molar-refractivity contribution is -0.888. The SMILES string of the molecule is CCCCCCCCCCCC(=O)N1CCC[N+](C)(C)CC1. The molecule has 1 amide bonds. The van der Waals surface area contributed by atoms with E-state index in [9.17, 15) is 4.79 Å². The lowest BCUT2D eigenvalue weighted by atomic mass is 10.1. The number of carbonyl (C=O) groups is 1. The Morgan fingerprint density at radius 3 is 2.09 bits per heavy atom. The number of carbonyl (C=O) groups excluding carboxylic acids is 1. The van der Waals surface area contributed by atoms with Crippen LogP contribution in [0.25, 0.3) is 0 Å². The summed E-state index contributed by atoms with van der Waals surface area (Å²) in [6, 6.07) is 0. The highest BCUT2D eigenvalue weighted by molar-refractivity contribution is 5.76. The highest BCUT2D eigenvalue weighted by atomic mass is 16.2. The standard InChI is InChI=1S/C19H39N2O/c1-4-5-6-7-8-9-10-11-12-14-19(22)20-15-13-17-21(2,3)18-16-20/h4-18H2,1-3H3/q+1. The van der Waals surface area contributed by atoms with Gasteiger partial charge in [-0.1, -0.05) is 58.3 Å². The zero-order valence-electron chi connectivity index (χ0n) is 15.4. The normalized spacial score (nSPS) is 18.2. The van der Waals surface area contributed by atoms with Crippen LogP contribution in [0.1, 0.15) is 77.6 Å². The van der Waals surface area contributed by atoms with Crippen LogP contribution in [0.3, 0.4) is 0 Å². The predicted molar refractivity (Wildman–Crippen MR) is 94.9 cm³/mol. The van der Waals surface area contributed by atoms with Crippen molar-refractivity contribution in [1.82, 2.24) is 4.90 Å². The fourth-order valence-corrected chi connectivity index (χ4v) is 3.30. The Kier molecular flexibility index (Phi) is 9.77. The van der Waals surface area contributed by atoms with Gasteiger partial charge in [-0.2, -0.15) is 0 Å². The summed E-state index contributed by atoms with van der Waals surface area (Å²) in [5.74, 6) is 0.393. The van der Waals surface area contributed by atoms with Crippen molar-refractivity contribution in [2.24, 2.45) is 0 Å². The van der Waals surface area contributed by atoms with Crippen molar-refractivity contribution in [1.29, 1.82) is 0 Å². The van der Waals surface area contributed by atoms with Crippen molar-refractivity contribution in [3.8, 4) is 0 Å². The molecule has 1 aliphatic heterocycles. The van der Waals surface area contributed by atoms with Crippen LogP contribution >= 0.6 is 0 Å². The zero-order chi connectivity index (χ0) is 16.3. The molecular formula is C19H39N2O+. The summed E-state index contributed by atoms with van der Waals surface area (Å²) in [6.07, 6.45) is 13.8. The van der Waals surface area contributed by atoms with Gasteiger partial charge in [0.25, 0.3) is 0 Å². The van der Waals surface area contributed by atoms with E-state index in [0.29, 0.717) is 5.91 Å². The molecule has 0 unspecified atom stereocenters. The maximum absolute atomic E-state index is 12.3. The van der Waals surface area contributed by atoms with E-state index in [1.807, 2.05) is 0 Å². The van der Waals surface area contributed by atoms with Gasteiger partial charge in [-0.15, -0.1) is 0 Å². The molecule has 1 saturated heterocycles. The van der Waals surface area contributed by atoms with E-state index in [2.05, 4.69) is 25.9 Å². The molecule has 1 aliphatic rings. The first-order valence-corrected chi connectivity index (χ1v) is 9.65. The van der Waals surface area contributed by atoms with Gasteiger partial charge in [0.15, 0.2) is 0 Å². The van der Waals surface area contributed by atoms with Gasteiger partial charge < -0.3 is 9.38 Å². The van der Waals surface area contributed by atoms with Gasteiger partial charge in [-0.25, -0.2) is 0 Å². The molecule has 3 heteroatoms. The Balaban J connectivity index is 2.01. The molecule has 1 heterocycles. The summed E-state index contributed by atoms with van der Waals surface area (Å²) in [6.45, 7) is 6.48. The monoisotopic (exact) mass is 311 g/mol. The molecule has 0 atom stereocenters. The van der Waals surface area contributed by atoms with Crippen LogP contribution in [0.5, 0.6) is 0 Å². The Morgan fingerprint density at radius 1 is 0.864 bits per heavy atom. The number of hydrogen-bond donors (Lipinski definition) is 0. The van der Waals surface area contributed by atoms with Crippen LogP contribution in [0, 0.1) is 0 Å². The van der Waals surface area contributed by atoms with Gasteiger partial charge in [0.2, 0.25) is 5.91 Å². The van der Waals surface area contributed by atoms with E-state index in [-0.39, 0.29) is 0 Å². The minimum atomic E-state index is 0.393. The highest BCUT2D eigenvalue weighted by Gasteiger charge is 2.23. The van der Waals surface area contributed by atoms with Crippen LogP contribution in [0.15, 0.2) is 0 Å². The molecule has 0 aromatic carbocycles. The fourth-order valence-electron chi connectivity index (χ4n) is 3.30. The number of amides is 1. The third-order valence-electron chi connectivity index (χ3n) is 5.01. The molecule has 130 valence electrons. The van der Waals surface area contributed by atoms with Crippen LogP contribution in [-0.2, 0) is 4.79 Å². The summed E-state index contributed by atoms with van der Waals surface area (Å²) < 4.78 is 1.06. The molecule has 22 heavy (non-hydrogen) atoms. The molecule has 0 spiro atoms. The Hall–Kier alpha value is -0.570. The third kappa shape index (κ3) is 8.77. The second-order valence-electron chi connectivity index (χ2n) is 7.70. The predicted octanol–water partition coefficient (Wildman–Crippen LogP) is 4.22. The maximum atomic E-state index is 12.3. The number of quaternary nitrogens is 1. The maximum Gasteiger partial charge on any atom is 0.222 e. The lowest BCUT2D eigenvalue weighted by Crippen LogP contribution is -2.43. The van der Waals surface area contributed by atoms with Gasteiger partial charge in [0.05, 0.1) is 33.7 Å². The zero-order valence-corrected chi connectivity index (χ0v) is 15.4. The quantitative estimate of drug-likeness (QED) is 0.437. The molecule has 0 N–H and O–H groups in total. The minimum absolute atomic E-state index is 0.393. The minimum Gasteiger partial charge on any atom is -0.337 e. The van der Waals surface area contributed by atoms with Crippen LogP contribution in [0.4, 0.5) is 0 Å². The fraction of sp³-hybridized carbons (Fsp3) is 0.947. The van der Waals surface area contributed by atoms with Crippen molar-refractivity contribution in [3.63, 3.8) is 0 Å². The molecule has 1 fully saturated rings. The van der Waals surface area contributed by atoms with E-state index < -0.39 is 0 Å². The van der Waals surface area contributed by atoms with Crippen molar-refractivity contribution < 1.29 is 9.28 Å². The molecule has 0 bridgehead atoms. The van der Waals surface area contributed by atoms with Gasteiger partial charge >= 0.3 is 0 Å². The summed E-state index contributed by atoms with van der Waals surface area (Å²) >= 11 is 0. The van der Waals surface area contributed by atoms with E-state index >= 15 is 0 Å². The van der Waals surface area contributed by atoms with E-state index in [1.54, 1.807) is 0 Å². The van der Waals surface area contributed by atoms with Crippen molar-refractivity contribution in [3.05, 3.63) is 0 Å². The van der Waals surface area contributed by atoms with Crippen LogP contribution < -0.4 is 0 Å². The number of nitrogens with zero attached hydrogens (tertiary/aromatic N) is 2. The molecule has 0 aromatic heterocycles. The molecule has 1 rings (SSSR count). The summed E-state index contributed by atoms with van der Waals surface area (Å²) in [4.78, 5) is 14.4. The molecular weight excluding hydrogens is 272 g/mol. The van der Waals surface area contributed by atoms with E-state index in [0.717, 1.165) is 43.4 Å². The Bertz CT molecular complexity index is 302. The topological polar surface area (TPSA) is 20.3 Å². The van der Waals surface area contributed by atoms with Gasteiger partial charge in [0, 0.05) is 19.4 Å². The van der Waals surface area contributed by atoms with E-state index in [4.69, 9.17) is 0 Å². The van der Waals surface area contributed by atoms with Gasteiger partial charge in [-0.3, -0.25) is 4.79 Å². The number of unbranched alkanes of at least 4 members (excludes halogenated alkanes) is 8. The van der Waals surface area contributed by atoms with Crippen LogP contribution in [0.2, 0.25) is 0 Å². The number of likely N-dealkylation sites (N-methyl/N-ethyl adjacent to an activating group) is 1. The first-order valence-electron chi connectivity index (χ1n) is 9.65. The average molecular weight is 312 g/mol. The largest absolute Gasteiger partial charge is 0.337 e. The number of rotatable bonds is 10. The van der Waals surface area contributed by atoms with Gasteiger partial charge in [-0.05, 0) is 6.42 Å². The third-order valence-corrected chi connectivity index (χ3v) is 5.01. The summed E-state index contributed by atoms with van der Waals surface area (Å²) in [7, 11) is 4.54. The molecule has 0 saturated carbocycles.